The van der Waals surface area contributed by atoms with Crippen molar-refractivity contribution in [2.75, 3.05) is 25.6 Å². The van der Waals surface area contributed by atoms with Gasteiger partial charge in [0.05, 0.1) is 24.1 Å². The average Bonchev–Trinajstić information content (AvgIpc) is 3.05. The van der Waals surface area contributed by atoms with Crippen LogP contribution in [-0.4, -0.2) is 96.0 Å². The van der Waals surface area contributed by atoms with Crippen LogP contribution in [0.3, 0.4) is 0 Å². The molecule has 0 radical (unpaired) electrons. The first-order chi connectivity index (χ1) is 16.0. The molecule has 184 valence electrons. The lowest BCUT2D eigenvalue weighted by atomic mass is 10.0. The Morgan fingerprint density at radius 2 is 1.79 bits per heavy atom. The number of likely N-dealkylation sites (N-methyl/N-ethyl adjacent to an activating group) is 1. The van der Waals surface area contributed by atoms with E-state index in [1.165, 1.54) is 11.7 Å². The van der Waals surface area contributed by atoms with Crippen LogP contribution in [0.2, 0.25) is 0 Å². The van der Waals surface area contributed by atoms with Crippen molar-refractivity contribution in [2.45, 2.75) is 31.3 Å². The minimum atomic E-state index is -1.82. The molecule has 7 N–H and O–H groups in total. The summed E-state index contributed by atoms with van der Waals surface area (Å²) in [4.78, 5) is 14.0. The topological polar surface area (TPSA) is 203 Å². The van der Waals surface area contributed by atoms with E-state index in [0.717, 1.165) is 4.90 Å². The van der Waals surface area contributed by atoms with Gasteiger partial charge in [0.15, 0.2) is 5.84 Å². The molecule has 2 aromatic rings. The molecule has 0 saturated carbocycles. The van der Waals surface area contributed by atoms with Gasteiger partial charge >= 0.3 is 0 Å². The maximum Gasteiger partial charge on any atom is 0.296 e. The van der Waals surface area contributed by atoms with Crippen molar-refractivity contribution in [1.82, 2.24) is 14.3 Å². The van der Waals surface area contributed by atoms with Crippen molar-refractivity contribution in [1.29, 1.82) is 10.7 Å². The molecule has 34 heavy (non-hydrogen) atoms. The highest BCUT2D eigenvalue weighted by Crippen LogP contribution is 2.14. The molecule has 0 amide bonds. The van der Waals surface area contributed by atoms with Gasteiger partial charge in [0, 0.05) is 20.6 Å². The van der Waals surface area contributed by atoms with E-state index in [1.54, 1.807) is 49.0 Å². The van der Waals surface area contributed by atoms with Crippen LogP contribution in [0.5, 0.6) is 0 Å². The lowest BCUT2D eigenvalue weighted by Crippen LogP contribution is -2.50. The zero-order valence-electron chi connectivity index (χ0n) is 19.0. The van der Waals surface area contributed by atoms with E-state index in [9.17, 15) is 30.5 Å². The predicted molar refractivity (Wildman–Crippen MR) is 124 cm³/mol. The van der Waals surface area contributed by atoms with Crippen molar-refractivity contribution >= 4 is 17.2 Å². The van der Waals surface area contributed by atoms with Crippen LogP contribution in [0.15, 0.2) is 40.2 Å². The minimum absolute atomic E-state index is 0.103. The molecule has 0 aliphatic heterocycles. The summed E-state index contributed by atoms with van der Waals surface area (Å²) >= 11 is 0. The molecule has 0 aliphatic carbocycles. The molecule has 2 rings (SSSR count). The molecule has 0 fully saturated rings. The number of rotatable bonds is 10. The van der Waals surface area contributed by atoms with Gasteiger partial charge in [-0.2, -0.15) is 10.4 Å². The Labute approximate surface area is 195 Å². The van der Waals surface area contributed by atoms with E-state index in [0.29, 0.717) is 11.4 Å². The van der Waals surface area contributed by atoms with Crippen LogP contribution in [0.4, 0.5) is 5.69 Å². The van der Waals surface area contributed by atoms with E-state index in [1.807, 2.05) is 6.07 Å². The third kappa shape index (κ3) is 5.68. The lowest BCUT2D eigenvalue weighted by molar-refractivity contribution is -0.116. The summed E-state index contributed by atoms with van der Waals surface area (Å²) in [5.74, 6) is -0.435. The Hall–Kier alpha value is -3.54. The van der Waals surface area contributed by atoms with Gasteiger partial charge in [-0.25, -0.2) is 4.68 Å². The third-order valence-corrected chi connectivity index (χ3v) is 5.33. The van der Waals surface area contributed by atoms with Crippen LogP contribution in [0.25, 0.3) is 5.69 Å². The summed E-state index contributed by atoms with van der Waals surface area (Å²) in [5, 5.41) is 69.5. The highest BCUT2D eigenvalue weighted by molar-refractivity contribution is 6.46. The number of amidine groups is 1. The van der Waals surface area contributed by atoms with Crippen molar-refractivity contribution in [3.8, 4) is 11.8 Å². The number of anilines is 1. The molecule has 0 bridgehead atoms. The molecular formula is C21H29N7O6. The highest BCUT2D eigenvalue weighted by atomic mass is 16.4. The standard InChI is InChI=1S/C21H29N7O6/c1-12-17(21(34)28(27(12)3)13-7-5-4-6-8-13)25-24-14(9-22)20(23)26(2)10-15(30)18(32)19(33)16(31)11-29/h4-8,15-16,18-19,23,25,29-33H,10-11H2,1-3H3/b23-20?,24-14-/t15-,16+,18+,19+/m0/s1. The van der Waals surface area contributed by atoms with Gasteiger partial charge in [-0.3, -0.25) is 20.3 Å². The van der Waals surface area contributed by atoms with E-state index in [2.05, 4.69) is 10.5 Å². The number of nitrogens with one attached hydrogen (secondary N) is 2. The molecule has 1 heterocycles. The van der Waals surface area contributed by atoms with Crippen LogP contribution >= 0.6 is 0 Å². The number of hydrogen-bond acceptors (Lipinski definition) is 10. The second-order valence-corrected chi connectivity index (χ2v) is 7.65. The molecule has 0 spiro atoms. The van der Waals surface area contributed by atoms with Gasteiger partial charge in [0.25, 0.3) is 5.56 Å². The van der Waals surface area contributed by atoms with Gasteiger partial charge in [0.2, 0.25) is 5.71 Å². The van der Waals surface area contributed by atoms with Gasteiger partial charge in [-0.05, 0) is 19.1 Å². The van der Waals surface area contributed by atoms with E-state index < -0.39 is 54.7 Å². The van der Waals surface area contributed by atoms with Crippen LogP contribution < -0.4 is 11.0 Å². The fourth-order valence-corrected chi connectivity index (χ4v) is 3.16. The summed E-state index contributed by atoms with van der Waals surface area (Å²) in [7, 11) is 3.03. The number of aliphatic hydroxyl groups excluding tert-OH is 5. The van der Waals surface area contributed by atoms with Gasteiger partial charge < -0.3 is 30.4 Å². The second kappa shape index (κ2) is 11.5. The molecule has 1 aromatic carbocycles. The average molecular weight is 476 g/mol. The monoisotopic (exact) mass is 475 g/mol. The fourth-order valence-electron chi connectivity index (χ4n) is 3.16. The fraction of sp³-hybridized carbons (Fsp3) is 0.429. The van der Waals surface area contributed by atoms with Crippen LogP contribution in [0, 0.1) is 23.7 Å². The van der Waals surface area contributed by atoms with Gasteiger partial charge in [0.1, 0.15) is 30.1 Å². The summed E-state index contributed by atoms with van der Waals surface area (Å²) < 4.78 is 3.03. The van der Waals surface area contributed by atoms with Crippen LogP contribution in [0.1, 0.15) is 5.69 Å². The smallest absolute Gasteiger partial charge is 0.296 e. The number of para-hydroxylation sites is 1. The number of hydrazone groups is 1. The Balaban J connectivity index is 2.19. The first-order valence-electron chi connectivity index (χ1n) is 10.3. The molecular weight excluding hydrogens is 446 g/mol. The van der Waals surface area contributed by atoms with Crippen molar-refractivity contribution in [3.05, 3.63) is 46.4 Å². The molecule has 0 unspecified atom stereocenters. The Kier molecular flexibility index (Phi) is 9.07. The summed E-state index contributed by atoms with van der Waals surface area (Å²) in [6.45, 7) is 0.464. The number of nitriles is 1. The molecule has 13 nitrogen and oxygen atoms in total. The Bertz CT molecular complexity index is 1120. The zero-order valence-corrected chi connectivity index (χ0v) is 19.0. The SMILES string of the molecule is Cc1c(N/N=C(/C#N)C(=N)N(C)C[C@H](O)[C@@H](O)[C@H](O)[C@H](O)CO)c(=O)n(-c2ccccc2)n1C. The summed E-state index contributed by atoms with van der Waals surface area (Å²) in [6.07, 6.45) is -6.92. The normalized spacial score (nSPS) is 15.2. The lowest BCUT2D eigenvalue weighted by Gasteiger charge is -2.29. The number of aliphatic hydroxyl groups is 5. The third-order valence-electron chi connectivity index (χ3n) is 5.33. The quantitative estimate of drug-likeness (QED) is 0.117. The number of nitrogens with zero attached hydrogens (tertiary/aromatic N) is 5. The number of hydrogen-bond donors (Lipinski definition) is 7. The molecule has 0 saturated heterocycles. The highest BCUT2D eigenvalue weighted by Gasteiger charge is 2.31. The van der Waals surface area contributed by atoms with E-state index in [-0.39, 0.29) is 5.69 Å². The molecule has 13 heteroatoms. The molecule has 4 atom stereocenters. The zero-order chi connectivity index (χ0) is 25.6. The second-order valence-electron chi connectivity index (χ2n) is 7.65. The van der Waals surface area contributed by atoms with Gasteiger partial charge in [-0.1, -0.05) is 18.2 Å². The predicted octanol–water partition coefficient (Wildman–Crippen LogP) is -1.88. The Morgan fingerprint density at radius 1 is 1.21 bits per heavy atom. The summed E-state index contributed by atoms with van der Waals surface area (Å²) in [6, 6.07) is 10.6. The first-order valence-corrected chi connectivity index (χ1v) is 10.3. The van der Waals surface area contributed by atoms with Crippen molar-refractivity contribution in [3.63, 3.8) is 0 Å². The van der Waals surface area contributed by atoms with Crippen molar-refractivity contribution < 1.29 is 25.5 Å². The van der Waals surface area contributed by atoms with E-state index in [4.69, 9.17) is 10.5 Å². The summed E-state index contributed by atoms with van der Waals surface area (Å²) in [5.41, 5.74) is 2.99. The maximum absolute atomic E-state index is 12.9. The first kappa shape index (κ1) is 26.7. The molecule has 0 aliphatic rings. The largest absolute Gasteiger partial charge is 0.394 e. The van der Waals surface area contributed by atoms with Gasteiger partial charge in [-0.15, -0.1) is 0 Å². The Morgan fingerprint density at radius 3 is 2.35 bits per heavy atom. The minimum Gasteiger partial charge on any atom is -0.394 e. The maximum atomic E-state index is 12.9. The molecule has 1 aromatic heterocycles. The number of aromatic nitrogens is 2. The van der Waals surface area contributed by atoms with Crippen molar-refractivity contribution in [2.24, 2.45) is 12.1 Å². The van der Waals surface area contributed by atoms with Crippen LogP contribution in [-0.2, 0) is 7.05 Å². The number of benzene rings is 1. The van der Waals surface area contributed by atoms with E-state index >= 15 is 0 Å².